The molecule has 0 radical (unpaired) electrons. The summed E-state index contributed by atoms with van der Waals surface area (Å²) in [4.78, 5) is 14.5. The van der Waals surface area contributed by atoms with E-state index in [0.29, 0.717) is 17.1 Å². The van der Waals surface area contributed by atoms with Crippen molar-refractivity contribution in [3.63, 3.8) is 0 Å². The Labute approximate surface area is 138 Å². The minimum Gasteiger partial charge on any atom is -0.493 e. The molecule has 1 fully saturated rings. The van der Waals surface area contributed by atoms with Gasteiger partial charge in [0.25, 0.3) is 5.91 Å². The summed E-state index contributed by atoms with van der Waals surface area (Å²) in [5.74, 6) is 1.30. The third-order valence-corrected chi connectivity index (χ3v) is 3.54. The molecule has 1 heterocycles. The van der Waals surface area contributed by atoms with Crippen LogP contribution in [0.5, 0.6) is 11.5 Å². The van der Waals surface area contributed by atoms with Crippen molar-refractivity contribution in [1.82, 2.24) is 10.2 Å². The van der Waals surface area contributed by atoms with Gasteiger partial charge in [-0.05, 0) is 39.0 Å². The van der Waals surface area contributed by atoms with Crippen molar-refractivity contribution in [3.05, 3.63) is 23.8 Å². The monoisotopic (exact) mass is 328 g/mol. The fraction of sp³-hybridized carbons (Fsp3) is 0.562. The van der Waals surface area contributed by atoms with Crippen LogP contribution in [0.1, 0.15) is 31.1 Å². The van der Waals surface area contributed by atoms with Crippen LogP contribution < -0.4 is 14.8 Å². The molecular weight excluding hydrogens is 304 g/mol. The maximum atomic E-state index is 12.6. The van der Waals surface area contributed by atoms with Crippen molar-refractivity contribution in [2.75, 3.05) is 26.7 Å². The van der Waals surface area contributed by atoms with Crippen LogP contribution in [-0.2, 0) is 0 Å². The number of benzene rings is 1. The summed E-state index contributed by atoms with van der Waals surface area (Å²) in [6, 6.07) is 5.56. The van der Waals surface area contributed by atoms with Gasteiger partial charge < -0.3 is 19.7 Å². The van der Waals surface area contributed by atoms with Gasteiger partial charge in [-0.2, -0.15) is 0 Å². The summed E-state index contributed by atoms with van der Waals surface area (Å²) < 4.78 is 11.0. The number of hydrogen-bond acceptors (Lipinski definition) is 4. The highest BCUT2D eigenvalue weighted by molar-refractivity contribution is 5.95. The number of methoxy groups -OCH3 is 1. The number of carbonyl (C=O) groups excluding carboxylic acids is 1. The summed E-state index contributed by atoms with van der Waals surface area (Å²) in [5, 5.41) is 3.29. The lowest BCUT2D eigenvalue weighted by Gasteiger charge is -2.34. The SMILES string of the molecule is COc1cc(C(=O)N2CCNCC2C)ccc1OC(C)C.Cl. The van der Waals surface area contributed by atoms with Gasteiger partial charge in [0.05, 0.1) is 13.2 Å². The number of halogens is 1. The van der Waals surface area contributed by atoms with Crippen molar-refractivity contribution in [2.45, 2.75) is 32.9 Å². The molecule has 1 aliphatic heterocycles. The van der Waals surface area contributed by atoms with Crippen molar-refractivity contribution < 1.29 is 14.3 Å². The Morgan fingerprint density at radius 3 is 2.68 bits per heavy atom. The molecular formula is C16H25ClN2O3. The normalized spacial score (nSPS) is 17.9. The number of rotatable bonds is 4. The summed E-state index contributed by atoms with van der Waals surface area (Å²) in [6.45, 7) is 8.37. The third-order valence-electron chi connectivity index (χ3n) is 3.54. The zero-order chi connectivity index (χ0) is 15.4. The first kappa shape index (κ1) is 18.6. The second-order valence-corrected chi connectivity index (χ2v) is 5.58. The van der Waals surface area contributed by atoms with Crippen LogP contribution in [0.3, 0.4) is 0 Å². The first-order valence-electron chi connectivity index (χ1n) is 7.39. The Balaban J connectivity index is 0.00000242. The van der Waals surface area contributed by atoms with E-state index in [4.69, 9.17) is 9.47 Å². The molecule has 124 valence electrons. The maximum Gasteiger partial charge on any atom is 0.254 e. The van der Waals surface area contributed by atoms with Gasteiger partial charge in [0.15, 0.2) is 11.5 Å². The molecule has 5 nitrogen and oxygen atoms in total. The lowest BCUT2D eigenvalue weighted by atomic mass is 10.1. The van der Waals surface area contributed by atoms with E-state index in [-0.39, 0.29) is 30.5 Å². The Kier molecular flexibility index (Phi) is 6.97. The molecule has 22 heavy (non-hydrogen) atoms. The van der Waals surface area contributed by atoms with E-state index in [1.165, 1.54) is 0 Å². The Bertz CT molecular complexity index is 508. The minimum absolute atomic E-state index is 0. The molecule has 0 aliphatic carbocycles. The van der Waals surface area contributed by atoms with Gasteiger partial charge in [-0.15, -0.1) is 12.4 Å². The molecule has 1 atom stereocenters. The lowest BCUT2D eigenvalue weighted by molar-refractivity contribution is 0.0655. The first-order valence-corrected chi connectivity index (χ1v) is 7.39. The number of nitrogens with zero attached hydrogens (tertiary/aromatic N) is 1. The van der Waals surface area contributed by atoms with E-state index >= 15 is 0 Å². The van der Waals surface area contributed by atoms with Crippen LogP contribution in [0.2, 0.25) is 0 Å². The fourth-order valence-corrected chi connectivity index (χ4v) is 2.46. The van der Waals surface area contributed by atoms with Gasteiger partial charge >= 0.3 is 0 Å². The molecule has 1 amide bonds. The summed E-state index contributed by atoms with van der Waals surface area (Å²) >= 11 is 0. The molecule has 0 saturated carbocycles. The van der Waals surface area contributed by atoms with Crippen LogP contribution >= 0.6 is 12.4 Å². The zero-order valence-corrected chi connectivity index (χ0v) is 14.4. The Hall–Kier alpha value is -1.46. The molecule has 1 aromatic carbocycles. The van der Waals surface area contributed by atoms with Gasteiger partial charge in [0.1, 0.15) is 0 Å². The van der Waals surface area contributed by atoms with Gasteiger partial charge in [-0.1, -0.05) is 0 Å². The molecule has 0 bridgehead atoms. The molecule has 6 heteroatoms. The average molecular weight is 329 g/mol. The molecule has 1 N–H and O–H groups in total. The predicted octanol–water partition coefficient (Wildman–Crippen LogP) is 2.34. The number of amides is 1. The smallest absolute Gasteiger partial charge is 0.254 e. The highest BCUT2D eigenvalue weighted by Gasteiger charge is 2.24. The van der Waals surface area contributed by atoms with E-state index in [0.717, 1.165) is 19.6 Å². The molecule has 1 aromatic rings. The Morgan fingerprint density at radius 2 is 2.09 bits per heavy atom. The first-order chi connectivity index (χ1) is 10.0. The number of piperazine rings is 1. The van der Waals surface area contributed by atoms with E-state index < -0.39 is 0 Å². The van der Waals surface area contributed by atoms with Crippen molar-refractivity contribution in [3.8, 4) is 11.5 Å². The van der Waals surface area contributed by atoms with Crippen LogP contribution in [0.15, 0.2) is 18.2 Å². The Morgan fingerprint density at radius 1 is 1.36 bits per heavy atom. The number of carbonyl (C=O) groups is 1. The van der Waals surface area contributed by atoms with Crippen LogP contribution in [0.25, 0.3) is 0 Å². The minimum atomic E-state index is 0. The highest BCUT2D eigenvalue weighted by atomic mass is 35.5. The van der Waals surface area contributed by atoms with Crippen molar-refractivity contribution in [1.29, 1.82) is 0 Å². The zero-order valence-electron chi connectivity index (χ0n) is 13.6. The van der Waals surface area contributed by atoms with E-state index in [1.54, 1.807) is 25.3 Å². The van der Waals surface area contributed by atoms with Gasteiger partial charge in [0.2, 0.25) is 0 Å². The lowest BCUT2D eigenvalue weighted by Crippen LogP contribution is -2.52. The number of ether oxygens (including phenoxy) is 2. The topological polar surface area (TPSA) is 50.8 Å². The summed E-state index contributed by atoms with van der Waals surface area (Å²) in [7, 11) is 1.59. The third kappa shape index (κ3) is 4.27. The molecule has 0 spiro atoms. The largest absolute Gasteiger partial charge is 0.493 e. The summed E-state index contributed by atoms with van der Waals surface area (Å²) in [5.41, 5.74) is 0.636. The average Bonchev–Trinajstić information content (AvgIpc) is 2.47. The quantitative estimate of drug-likeness (QED) is 0.921. The summed E-state index contributed by atoms with van der Waals surface area (Å²) in [6.07, 6.45) is 0.0636. The van der Waals surface area contributed by atoms with Crippen molar-refractivity contribution in [2.24, 2.45) is 0 Å². The van der Waals surface area contributed by atoms with Gasteiger partial charge in [-0.3, -0.25) is 4.79 Å². The second-order valence-electron chi connectivity index (χ2n) is 5.58. The van der Waals surface area contributed by atoms with Crippen LogP contribution in [-0.4, -0.2) is 49.7 Å². The number of hydrogen-bond donors (Lipinski definition) is 1. The second kappa shape index (κ2) is 8.25. The van der Waals surface area contributed by atoms with Crippen molar-refractivity contribution >= 4 is 18.3 Å². The van der Waals surface area contributed by atoms with Gasteiger partial charge in [-0.25, -0.2) is 0 Å². The molecule has 2 rings (SSSR count). The molecule has 1 unspecified atom stereocenters. The standard InChI is InChI=1S/C16H24N2O3.ClH/c1-11(2)21-14-6-5-13(9-15(14)20-4)16(19)18-8-7-17-10-12(18)3;/h5-6,9,11-12,17H,7-8,10H2,1-4H3;1H. The fourth-order valence-electron chi connectivity index (χ4n) is 2.46. The van der Waals surface area contributed by atoms with E-state index in [1.807, 2.05) is 18.7 Å². The molecule has 0 aromatic heterocycles. The highest BCUT2D eigenvalue weighted by Crippen LogP contribution is 2.29. The maximum absolute atomic E-state index is 12.6. The molecule has 1 aliphatic rings. The number of nitrogens with one attached hydrogen (secondary N) is 1. The van der Waals surface area contributed by atoms with Gasteiger partial charge in [0, 0.05) is 31.2 Å². The van der Waals surface area contributed by atoms with Crippen LogP contribution in [0, 0.1) is 0 Å². The van der Waals surface area contributed by atoms with E-state index in [9.17, 15) is 4.79 Å². The predicted molar refractivity (Wildman–Crippen MR) is 89.4 cm³/mol. The van der Waals surface area contributed by atoms with Crippen LogP contribution in [0.4, 0.5) is 0 Å². The molecule has 1 saturated heterocycles. The van der Waals surface area contributed by atoms with E-state index in [2.05, 4.69) is 12.2 Å².